The summed E-state index contributed by atoms with van der Waals surface area (Å²) in [7, 11) is 1.72. The first-order valence-electron chi connectivity index (χ1n) is 13.5. The summed E-state index contributed by atoms with van der Waals surface area (Å²) in [6.45, 7) is 4.03. The molecular weight excluding hydrogens is 452 g/mol. The highest BCUT2D eigenvalue weighted by Crippen LogP contribution is 2.52. The molecule has 6 rings (SSSR count). The fraction of sp³-hybridized carbons (Fsp3) is 0.500. The van der Waals surface area contributed by atoms with Crippen molar-refractivity contribution in [3.8, 4) is 17.0 Å². The molecule has 0 spiro atoms. The van der Waals surface area contributed by atoms with Gasteiger partial charge >= 0.3 is 5.97 Å². The van der Waals surface area contributed by atoms with Gasteiger partial charge in [0.05, 0.1) is 25.0 Å². The van der Waals surface area contributed by atoms with E-state index in [1.165, 1.54) is 59.9 Å². The van der Waals surface area contributed by atoms with Crippen LogP contribution in [0.5, 0.6) is 5.75 Å². The lowest BCUT2D eigenvalue weighted by molar-refractivity contribution is 0.0697. The number of hydrogen-bond acceptors (Lipinski definition) is 4. The quantitative estimate of drug-likeness (QED) is 0.473. The van der Waals surface area contributed by atoms with Gasteiger partial charge in [-0.15, -0.1) is 0 Å². The van der Waals surface area contributed by atoms with Crippen molar-refractivity contribution in [3.63, 3.8) is 0 Å². The van der Waals surface area contributed by atoms with Gasteiger partial charge in [0.15, 0.2) is 0 Å². The molecule has 6 heteroatoms. The Morgan fingerprint density at radius 1 is 1.11 bits per heavy atom. The molecule has 3 unspecified atom stereocenters. The molecule has 190 valence electrons. The number of fused-ring (bicyclic) bond motifs is 7. The number of aliphatic hydroxyl groups is 1. The predicted octanol–water partition coefficient (Wildman–Crippen LogP) is 5.82. The molecule has 3 aromatic rings. The summed E-state index contributed by atoms with van der Waals surface area (Å²) in [5, 5.41) is 21.1. The van der Waals surface area contributed by atoms with Crippen molar-refractivity contribution in [3.05, 3.63) is 53.1 Å². The molecule has 1 saturated carbocycles. The fourth-order valence-electron chi connectivity index (χ4n) is 7.26. The van der Waals surface area contributed by atoms with Crippen LogP contribution in [0.15, 0.2) is 36.4 Å². The predicted molar refractivity (Wildman–Crippen MR) is 141 cm³/mol. The van der Waals surface area contributed by atoms with Gasteiger partial charge in [0.1, 0.15) is 5.75 Å². The number of rotatable bonds is 5. The minimum absolute atomic E-state index is 0.0738. The Morgan fingerprint density at radius 3 is 2.64 bits per heavy atom. The molecule has 1 aliphatic carbocycles. The molecular formula is C30H36N2O4. The number of carboxylic acid groups (broad SMARTS) is 1. The smallest absolute Gasteiger partial charge is 0.335 e. The normalized spacial score (nSPS) is 23.1. The van der Waals surface area contributed by atoms with E-state index in [1.54, 1.807) is 13.2 Å². The first-order chi connectivity index (χ1) is 17.5. The minimum Gasteiger partial charge on any atom is -0.497 e. The molecule has 2 aliphatic heterocycles. The van der Waals surface area contributed by atoms with Gasteiger partial charge in [-0.1, -0.05) is 25.3 Å². The molecule has 1 saturated heterocycles. The zero-order valence-electron chi connectivity index (χ0n) is 21.2. The van der Waals surface area contributed by atoms with E-state index in [0.29, 0.717) is 17.4 Å². The van der Waals surface area contributed by atoms with Crippen molar-refractivity contribution in [2.24, 2.45) is 5.92 Å². The zero-order valence-corrected chi connectivity index (χ0v) is 21.2. The van der Waals surface area contributed by atoms with E-state index in [4.69, 9.17) is 4.74 Å². The SMILES string of the molecule is COc1ccc2c(c1)C1C(CCN1C(C)CO)Cn1c-2c(C2CCCCC2)c2ccc(C(=O)O)cc21. The third kappa shape index (κ3) is 3.65. The van der Waals surface area contributed by atoms with Crippen LogP contribution in [0.4, 0.5) is 0 Å². The second-order valence-electron chi connectivity index (χ2n) is 11.0. The number of benzene rings is 2. The van der Waals surface area contributed by atoms with E-state index in [0.717, 1.165) is 30.8 Å². The van der Waals surface area contributed by atoms with E-state index in [-0.39, 0.29) is 18.7 Å². The Labute approximate surface area is 212 Å². The van der Waals surface area contributed by atoms with Gasteiger partial charge in [-0.05, 0) is 86.0 Å². The van der Waals surface area contributed by atoms with E-state index in [9.17, 15) is 15.0 Å². The highest BCUT2D eigenvalue weighted by Gasteiger charge is 2.42. The zero-order chi connectivity index (χ0) is 25.0. The van der Waals surface area contributed by atoms with Crippen LogP contribution in [0.1, 0.15) is 78.9 Å². The van der Waals surface area contributed by atoms with Gasteiger partial charge in [0.2, 0.25) is 0 Å². The lowest BCUT2D eigenvalue weighted by Gasteiger charge is -2.33. The Bertz CT molecular complexity index is 1310. The molecule has 36 heavy (non-hydrogen) atoms. The van der Waals surface area contributed by atoms with Crippen molar-refractivity contribution in [1.29, 1.82) is 0 Å². The molecule has 6 nitrogen and oxygen atoms in total. The monoisotopic (exact) mass is 488 g/mol. The number of methoxy groups -OCH3 is 1. The second-order valence-corrected chi connectivity index (χ2v) is 11.0. The highest BCUT2D eigenvalue weighted by molar-refractivity contribution is 5.98. The van der Waals surface area contributed by atoms with Gasteiger partial charge in [-0.2, -0.15) is 0 Å². The third-order valence-corrected chi connectivity index (χ3v) is 9.01. The van der Waals surface area contributed by atoms with Gasteiger partial charge < -0.3 is 19.5 Å². The molecule has 0 radical (unpaired) electrons. The highest BCUT2D eigenvalue weighted by atomic mass is 16.5. The Balaban J connectivity index is 1.65. The number of aromatic nitrogens is 1. The molecule has 0 bridgehead atoms. The van der Waals surface area contributed by atoms with E-state index >= 15 is 0 Å². The van der Waals surface area contributed by atoms with Crippen molar-refractivity contribution in [2.45, 2.75) is 70.0 Å². The molecule has 3 atom stereocenters. The molecule has 1 aromatic heterocycles. The summed E-state index contributed by atoms with van der Waals surface area (Å²) in [6, 6.07) is 12.5. The third-order valence-electron chi connectivity index (χ3n) is 9.01. The van der Waals surface area contributed by atoms with Crippen molar-refractivity contribution in [1.82, 2.24) is 9.47 Å². The maximum absolute atomic E-state index is 11.9. The summed E-state index contributed by atoms with van der Waals surface area (Å²) >= 11 is 0. The maximum atomic E-state index is 11.9. The van der Waals surface area contributed by atoms with E-state index in [1.807, 2.05) is 6.07 Å². The number of ether oxygens (including phenoxy) is 1. The molecule has 2 fully saturated rings. The largest absolute Gasteiger partial charge is 0.497 e. The average molecular weight is 489 g/mol. The lowest BCUT2D eigenvalue weighted by atomic mass is 9.81. The Morgan fingerprint density at radius 2 is 1.92 bits per heavy atom. The van der Waals surface area contributed by atoms with Crippen molar-refractivity contribution >= 4 is 16.9 Å². The maximum Gasteiger partial charge on any atom is 0.335 e. The molecule has 2 aromatic carbocycles. The summed E-state index contributed by atoms with van der Waals surface area (Å²) in [5.74, 6) is 0.822. The topological polar surface area (TPSA) is 74.9 Å². The van der Waals surface area contributed by atoms with Gasteiger partial charge in [-0.3, -0.25) is 4.90 Å². The summed E-state index contributed by atoms with van der Waals surface area (Å²) in [5.41, 5.74) is 6.55. The summed E-state index contributed by atoms with van der Waals surface area (Å²) in [4.78, 5) is 14.4. The summed E-state index contributed by atoms with van der Waals surface area (Å²) < 4.78 is 8.13. The van der Waals surface area contributed by atoms with E-state index in [2.05, 4.69) is 40.7 Å². The Kier molecular flexibility index (Phi) is 6.05. The van der Waals surface area contributed by atoms with Crippen LogP contribution < -0.4 is 4.74 Å². The van der Waals surface area contributed by atoms with Crippen LogP contribution in [-0.2, 0) is 6.54 Å². The van der Waals surface area contributed by atoms with Crippen LogP contribution in [0, 0.1) is 5.92 Å². The van der Waals surface area contributed by atoms with Crippen molar-refractivity contribution in [2.75, 3.05) is 20.3 Å². The van der Waals surface area contributed by atoms with Crippen LogP contribution >= 0.6 is 0 Å². The number of nitrogens with zero attached hydrogens (tertiary/aromatic N) is 2. The van der Waals surface area contributed by atoms with Crippen LogP contribution in [0.3, 0.4) is 0 Å². The van der Waals surface area contributed by atoms with Crippen LogP contribution in [0.2, 0.25) is 0 Å². The van der Waals surface area contributed by atoms with Gasteiger partial charge in [0, 0.05) is 35.1 Å². The van der Waals surface area contributed by atoms with Crippen molar-refractivity contribution < 1.29 is 19.7 Å². The van der Waals surface area contributed by atoms with Gasteiger partial charge in [0.25, 0.3) is 0 Å². The number of aromatic carboxylic acids is 1. The molecule has 3 aliphatic rings. The van der Waals surface area contributed by atoms with E-state index < -0.39 is 5.97 Å². The Hall–Kier alpha value is -2.83. The fourth-order valence-corrected chi connectivity index (χ4v) is 7.26. The first-order valence-corrected chi connectivity index (χ1v) is 13.5. The number of aliphatic hydroxyl groups excluding tert-OH is 1. The molecule has 2 N–H and O–H groups in total. The lowest BCUT2D eigenvalue weighted by Crippen LogP contribution is -2.36. The van der Waals surface area contributed by atoms with Crippen LogP contribution in [0.25, 0.3) is 22.2 Å². The summed E-state index contributed by atoms with van der Waals surface area (Å²) in [6.07, 6.45) is 7.18. The number of carboxylic acids is 1. The molecule has 3 heterocycles. The van der Waals surface area contributed by atoms with Gasteiger partial charge in [-0.25, -0.2) is 4.79 Å². The number of carbonyl (C=O) groups is 1. The first kappa shape index (κ1) is 23.6. The number of hydrogen-bond donors (Lipinski definition) is 2. The van der Waals surface area contributed by atoms with Crippen LogP contribution in [-0.4, -0.2) is 52.0 Å². The number of likely N-dealkylation sites (tertiary alicyclic amines) is 1. The average Bonchev–Trinajstić information content (AvgIpc) is 3.43. The standard InChI is InChI=1S/C30H36N2O4/c1-18(17-33)31-13-12-21-16-32-26-14-20(30(34)35)8-10-24(26)27(19-6-4-3-5-7-19)29(32)23-11-9-22(36-2)15-25(23)28(21)31/h8-11,14-15,18-19,21,28,33H,3-7,12-13,16-17H2,1-2H3,(H,34,35). The molecule has 0 amide bonds. The second kappa shape index (κ2) is 9.24. The minimum atomic E-state index is -0.882.